The molecule has 0 aliphatic carbocycles. The molecule has 2 heterocycles. The van der Waals surface area contributed by atoms with Gasteiger partial charge < -0.3 is 5.11 Å². The molecule has 3 aromatic rings. The lowest BCUT2D eigenvalue weighted by atomic mass is 10.2. The zero-order valence-corrected chi connectivity index (χ0v) is 13.3. The van der Waals surface area contributed by atoms with Gasteiger partial charge in [-0.3, -0.25) is 4.79 Å². The van der Waals surface area contributed by atoms with Crippen LogP contribution in [0.4, 0.5) is 0 Å². The highest BCUT2D eigenvalue weighted by Crippen LogP contribution is 2.26. The maximum Gasteiger partial charge on any atom is 0.283 e. The molecule has 5 nitrogen and oxygen atoms in total. The fraction of sp³-hybridized carbons (Fsp3) is 0.188. The molecule has 6 heteroatoms. The van der Waals surface area contributed by atoms with Crippen molar-refractivity contribution in [2.24, 2.45) is 5.10 Å². The molecule has 0 atom stereocenters. The van der Waals surface area contributed by atoms with E-state index in [2.05, 4.69) is 10.1 Å². The number of aromatic hydroxyl groups is 1. The van der Waals surface area contributed by atoms with Crippen LogP contribution in [-0.2, 0) is 0 Å². The number of phenolic OH excluding ortho intramolecular Hbond substituents is 1. The number of nitrogens with zero attached hydrogens (tertiary/aromatic N) is 3. The van der Waals surface area contributed by atoms with Crippen LogP contribution in [0.3, 0.4) is 0 Å². The first kappa shape index (κ1) is 14.5. The molecule has 1 aromatic carbocycles. The molecule has 0 bridgehead atoms. The lowest BCUT2D eigenvalue weighted by Gasteiger charge is -2.04. The molecule has 0 amide bonds. The van der Waals surface area contributed by atoms with Crippen molar-refractivity contribution >= 4 is 27.8 Å². The summed E-state index contributed by atoms with van der Waals surface area (Å²) in [4.78, 5) is 18.9. The van der Waals surface area contributed by atoms with Crippen LogP contribution in [0.25, 0.3) is 10.2 Å². The number of thiophene rings is 1. The van der Waals surface area contributed by atoms with Crippen molar-refractivity contribution in [2.75, 3.05) is 0 Å². The number of benzene rings is 1. The highest BCUT2D eigenvalue weighted by atomic mass is 32.1. The van der Waals surface area contributed by atoms with Gasteiger partial charge in [-0.1, -0.05) is 12.1 Å². The molecule has 0 radical (unpaired) electrons. The van der Waals surface area contributed by atoms with Crippen molar-refractivity contribution in [2.45, 2.75) is 20.8 Å². The Morgan fingerprint density at radius 3 is 2.73 bits per heavy atom. The molecular weight excluding hydrogens is 298 g/mol. The maximum absolute atomic E-state index is 12.6. The third kappa shape index (κ3) is 2.31. The Kier molecular flexibility index (Phi) is 3.54. The van der Waals surface area contributed by atoms with Crippen LogP contribution in [0.15, 0.2) is 34.2 Å². The van der Waals surface area contributed by atoms with Gasteiger partial charge in [-0.05, 0) is 38.5 Å². The highest BCUT2D eigenvalue weighted by Gasteiger charge is 2.14. The molecule has 0 spiro atoms. The van der Waals surface area contributed by atoms with Gasteiger partial charge in [0.25, 0.3) is 5.56 Å². The Morgan fingerprint density at radius 2 is 2.00 bits per heavy atom. The predicted octanol–water partition coefficient (Wildman–Crippen LogP) is 2.97. The minimum absolute atomic E-state index is 0.119. The lowest BCUT2D eigenvalue weighted by Crippen LogP contribution is -2.20. The second kappa shape index (κ2) is 5.38. The quantitative estimate of drug-likeness (QED) is 0.740. The van der Waals surface area contributed by atoms with E-state index in [-0.39, 0.29) is 11.3 Å². The van der Waals surface area contributed by atoms with Crippen molar-refractivity contribution in [3.63, 3.8) is 0 Å². The second-order valence-corrected chi connectivity index (χ2v) is 6.25. The number of phenols is 1. The van der Waals surface area contributed by atoms with Crippen molar-refractivity contribution < 1.29 is 5.11 Å². The smallest absolute Gasteiger partial charge is 0.283 e. The molecular formula is C16H15N3O2S. The van der Waals surface area contributed by atoms with Crippen LogP contribution in [-0.4, -0.2) is 21.0 Å². The van der Waals surface area contributed by atoms with Crippen LogP contribution in [0, 0.1) is 20.8 Å². The number of hydrogen-bond acceptors (Lipinski definition) is 5. The normalized spacial score (nSPS) is 11.6. The molecule has 0 aliphatic rings. The van der Waals surface area contributed by atoms with Crippen LogP contribution in [0.2, 0.25) is 0 Å². The number of para-hydroxylation sites is 1. The van der Waals surface area contributed by atoms with Gasteiger partial charge in [-0.2, -0.15) is 9.78 Å². The fourth-order valence-corrected chi connectivity index (χ4v) is 3.30. The number of rotatable bonds is 2. The Bertz CT molecular complexity index is 954. The Labute approximate surface area is 131 Å². The topological polar surface area (TPSA) is 67.5 Å². The van der Waals surface area contributed by atoms with Gasteiger partial charge in [-0.15, -0.1) is 11.3 Å². The molecule has 0 fully saturated rings. The standard InChI is InChI=1S/C16H15N3O2S/c1-9-10(2)22-15-14(9)16(21)19(11(3)18-15)17-8-12-6-4-5-7-13(12)20/h4-8,20H,1-3H3. The summed E-state index contributed by atoms with van der Waals surface area (Å²) in [6, 6.07) is 6.83. The van der Waals surface area contributed by atoms with E-state index in [0.29, 0.717) is 16.8 Å². The fourth-order valence-electron chi connectivity index (χ4n) is 2.24. The SMILES string of the molecule is Cc1sc2nc(C)n(N=Cc3ccccc3O)c(=O)c2c1C. The summed E-state index contributed by atoms with van der Waals surface area (Å²) in [7, 11) is 0. The van der Waals surface area contributed by atoms with Crippen molar-refractivity contribution in [1.82, 2.24) is 9.66 Å². The van der Waals surface area contributed by atoms with E-state index in [0.717, 1.165) is 15.3 Å². The molecule has 3 rings (SSSR count). The third-order valence-corrected chi connectivity index (χ3v) is 4.69. The van der Waals surface area contributed by atoms with Crippen molar-refractivity contribution in [3.8, 4) is 5.75 Å². The average Bonchev–Trinajstić information content (AvgIpc) is 2.75. The van der Waals surface area contributed by atoms with Gasteiger partial charge >= 0.3 is 0 Å². The summed E-state index contributed by atoms with van der Waals surface area (Å²) in [6.45, 7) is 5.64. The summed E-state index contributed by atoms with van der Waals surface area (Å²) in [5.41, 5.74) is 1.31. The van der Waals surface area contributed by atoms with E-state index < -0.39 is 0 Å². The summed E-state index contributed by atoms with van der Waals surface area (Å²) in [6.07, 6.45) is 1.46. The highest BCUT2D eigenvalue weighted by molar-refractivity contribution is 7.18. The Balaban J connectivity index is 2.17. The van der Waals surface area contributed by atoms with Gasteiger partial charge in [0.05, 0.1) is 11.6 Å². The van der Waals surface area contributed by atoms with E-state index in [1.165, 1.54) is 22.2 Å². The molecule has 0 aliphatic heterocycles. The van der Waals surface area contributed by atoms with Crippen LogP contribution in [0.1, 0.15) is 21.8 Å². The third-order valence-electron chi connectivity index (χ3n) is 3.59. The molecule has 0 saturated carbocycles. The second-order valence-electron chi connectivity index (χ2n) is 5.04. The minimum atomic E-state index is -0.184. The van der Waals surface area contributed by atoms with E-state index in [4.69, 9.17) is 0 Å². The summed E-state index contributed by atoms with van der Waals surface area (Å²) in [5, 5.41) is 14.6. The average molecular weight is 313 g/mol. The van der Waals surface area contributed by atoms with Crippen LogP contribution >= 0.6 is 11.3 Å². The van der Waals surface area contributed by atoms with Gasteiger partial charge in [0, 0.05) is 10.4 Å². The molecule has 0 unspecified atom stereocenters. The number of hydrogen-bond donors (Lipinski definition) is 1. The van der Waals surface area contributed by atoms with Gasteiger partial charge in [0.2, 0.25) is 0 Å². The van der Waals surface area contributed by atoms with Gasteiger partial charge in [-0.25, -0.2) is 4.98 Å². The first-order valence-corrected chi connectivity index (χ1v) is 7.62. The van der Waals surface area contributed by atoms with Gasteiger partial charge in [0.15, 0.2) is 0 Å². The monoisotopic (exact) mass is 313 g/mol. The van der Waals surface area contributed by atoms with Crippen LogP contribution < -0.4 is 5.56 Å². The summed E-state index contributed by atoms with van der Waals surface area (Å²) < 4.78 is 1.27. The van der Waals surface area contributed by atoms with Crippen molar-refractivity contribution in [1.29, 1.82) is 0 Å². The van der Waals surface area contributed by atoms with E-state index >= 15 is 0 Å². The maximum atomic E-state index is 12.6. The van der Waals surface area contributed by atoms with Crippen molar-refractivity contribution in [3.05, 3.63) is 56.4 Å². The molecule has 1 N–H and O–H groups in total. The largest absolute Gasteiger partial charge is 0.507 e. The molecule has 0 saturated heterocycles. The zero-order chi connectivity index (χ0) is 15.9. The number of fused-ring (bicyclic) bond motifs is 1. The zero-order valence-electron chi connectivity index (χ0n) is 12.5. The Morgan fingerprint density at radius 1 is 1.27 bits per heavy atom. The van der Waals surface area contributed by atoms with E-state index in [1.807, 2.05) is 13.8 Å². The first-order valence-electron chi connectivity index (χ1n) is 6.80. The first-order chi connectivity index (χ1) is 10.5. The molecule has 22 heavy (non-hydrogen) atoms. The number of aromatic nitrogens is 2. The summed E-state index contributed by atoms with van der Waals surface area (Å²) in [5.74, 6) is 0.638. The molecule has 2 aromatic heterocycles. The van der Waals surface area contributed by atoms with E-state index in [9.17, 15) is 9.90 Å². The molecule has 112 valence electrons. The predicted molar refractivity (Wildman–Crippen MR) is 89.2 cm³/mol. The van der Waals surface area contributed by atoms with Gasteiger partial charge in [0.1, 0.15) is 16.4 Å². The summed E-state index contributed by atoms with van der Waals surface area (Å²) >= 11 is 1.52. The van der Waals surface area contributed by atoms with Crippen LogP contribution in [0.5, 0.6) is 5.75 Å². The lowest BCUT2D eigenvalue weighted by molar-refractivity contribution is 0.474. The minimum Gasteiger partial charge on any atom is -0.507 e. The number of aryl methyl sites for hydroxylation is 3. The Hall–Kier alpha value is -2.47. The van der Waals surface area contributed by atoms with E-state index in [1.54, 1.807) is 31.2 Å².